The molecule has 156 valence electrons. The minimum atomic E-state index is -0.756. The number of nitrogen functional groups attached to an aromatic ring is 1. The highest BCUT2D eigenvalue weighted by Crippen LogP contribution is 2.40. The summed E-state index contributed by atoms with van der Waals surface area (Å²) in [6, 6.07) is 32.4. The van der Waals surface area contributed by atoms with Crippen molar-refractivity contribution in [3.8, 4) is 0 Å². The summed E-state index contributed by atoms with van der Waals surface area (Å²) in [4.78, 5) is 15.8. The second-order valence-electron chi connectivity index (χ2n) is 7.31. The van der Waals surface area contributed by atoms with Crippen molar-refractivity contribution in [3.05, 3.63) is 130 Å². The van der Waals surface area contributed by atoms with E-state index >= 15 is 0 Å². The largest absolute Gasteiger partial charge is 0.383 e. The number of aromatic nitrogens is 2. The molecule has 0 radical (unpaired) electrons. The maximum absolute atomic E-state index is 12.0. The summed E-state index contributed by atoms with van der Waals surface area (Å²) >= 11 is 0. The fourth-order valence-corrected chi connectivity index (χ4v) is 3.84. The summed E-state index contributed by atoms with van der Waals surface area (Å²) in [5.74, 6) is 0.230. The van der Waals surface area contributed by atoms with Crippen molar-refractivity contribution in [1.82, 2.24) is 9.55 Å². The van der Waals surface area contributed by atoms with Gasteiger partial charge in [-0.1, -0.05) is 91.0 Å². The maximum Gasteiger partial charge on any atom is 0.349 e. The topological polar surface area (TPSA) is 70.1 Å². The van der Waals surface area contributed by atoms with Crippen LogP contribution in [0.5, 0.6) is 0 Å². The molecule has 4 aromatic rings. The van der Waals surface area contributed by atoms with Crippen molar-refractivity contribution in [1.29, 1.82) is 0 Å². The third-order valence-corrected chi connectivity index (χ3v) is 5.30. The van der Waals surface area contributed by atoms with Gasteiger partial charge in [0.2, 0.25) is 0 Å². The average molecular weight is 412 g/mol. The fraction of sp³-hybridized carbons (Fsp3) is 0.154. The molecule has 0 amide bonds. The smallest absolute Gasteiger partial charge is 0.349 e. The summed E-state index contributed by atoms with van der Waals surface area (Å²) in [6.07, 6.45) is 2.32. The Morgan fingerprint density at radius 2 is 1.26 bits per heavy atom. The third-order valence-electron chi connectivity index (χ3n) is 5.30. The van der Waals surface area contributed by atoms with E-state index in [9.17, 15) is 4.79 Å². The predicted octanol–water partition coefficient (Wildman–Crippen LogP) is 4.22. The molecule has 0 spiro atoms. The minimum absolute atomic E-state index is 0.230. The minimum Gasteiger partial charge on any atom is -0.383 e. The quantitative estimate of drug-likeness (QED) is 0.348. The molecule has 0 atom stereocenters. The van der Waals surface area contributed by atoms with E-state index in [1.165, 1.54) is 0 Å². The Balaban J connectivity index is 1.67. The zero-order valence-electron chi connectivity index (χ0n) is 17.2. The average Bonchev–Trinajstić information content (AvgIpc) is 2.82. The van der Waals surface area contributed by atoms with E-state index in [1.807, 2.05) is 54.6 Å². The molecular formula is C26H25N3O2. The van der Waals surface area contributed by atoms with Gasteiger partial charge >= 0.3 is 5.69 Å². The van der Waals surface area contributed by atoms with E-state index in [0.717, 1.165) is 16.7 Å². The van der Waals surface area contributed by atoms with Crippen LogP contribution in [0.1, 0.15) is 23.1 Å². The zero-order chi connectivity index (χ0) is 21.5. The molecule has 0 aliphatic heterocycles. The van der Waals surface area contributed by atoms with Gasteiger partial charge in [0.1, 0.15) is 11.4 Å². The van der Waals surface area contributed by atoms with Crippen LogP contribution in [0.3, 0.4) is 0 Å². The van der Waals surface area contributed by atoms with Gasteiger partial charge in [-0.05, 0) is 29.2 Å². The molecule has 2 N–H and O–H groups in total. The Morgan fingerprint density at radius 1 is 0.774 bits per heavy atom. The molecule has 0 fully saturated rings. The molecule has 3 aromatic carbocycles. The van der Waals surface area contributed by atoms with Gasteiger partial charge in [0.05, 0.1) is 6.61 Å². The first-order chi connectivity index (χ1) is 15.2. The van der Waals surface area contributed by atoms with Crippen molar-refractivity contribution in [2.24, 2.45) is 0 Å². The number of hydrogen-bond acceptors (Lipinski definition) is 4. The van der Waals surface area contributed by atoms with Gasteiger partial charge in [-0.3, -0.25) is 4.57 Å². The lowest BCUT2D eigenvalue weighted by Gasteiger charge is -2.36. The highest BCUT2D eigenvalue weighted by atomic mass is 16.5. The van der Waals surface area contributed by atoms with E-state index in [2.05, 4.69) is 41.4 Å². The second-order valence-corrected chi connectivity index (χ2v) is 7.31. The molecule has 5 nitrogen and oxygen atoms in total. The molecule has 0 unspecified atom stereocenters. The number of nitrogens with two attached hydrogens (primary N) is 1. The molecule has 4 rings (SSSR count). The van der Waals surface area contributed by atoms with E-state index in [0.29, 0.717) is 19.6 Å². The molecule has 1 heterocycles. The lowest BCUT2D eigenvalue weighted by Crippen LogP contribution is -2.33. The molecule has 31 heavy (non-hydrogen) atoms. The summed E-state index contributed by atoms with van der Waals surface area (Å²) in [5.41, 5.74) is 7.64. The number of hydrogen-bond donors (Lipinski definition) is 1. The normalized spacial score (nSPS) is 11.4. The number of rotatable bonds is 8. The molecular weight excluding hydrogens is 386 g/mol. The van der Waals surface area contributed by atoms with Crippen LogP contribution in [0.2, 0.25) is 0 Å². The number of aryl methyl sites for hydroxylation is 1. The van der Waals surface area contributed by atoms with Gasteiger partial charge in [0, 0.05) is 12.7 Å². The molecule has 0 aliphatic carbocycles. The van der Waals surface area contributed by atoms with Gasteiger partial charge in [0.25, 0.3) is 0 Å². The van der Waals surface area contributed by atoms with Crippen LogP contribution in [-0.2, 0) is 16.9 Å². The molecule has 0 bridgehead atoms. The molecule has 5 heteroatoms. The Morgan fingerprint density at radius 3 is 1.71 bits per heavy atom. The first-order valence-electron chi connectivity index (χ1n) is 10.3. The van der Waals surface area contributed by atoms with E-state index in [-0.39, 0.29) is 11.5 Å². The standard InChI is InChI=1S/C26H25N3O2/c27-24-17-19-29(25(30)28-24)18-10-20-31-26(21-11-4-1-5-12-21,22-13-6-2-7-14-22)23-15-8-3-9-16-23/h1-9,11-17,19H,10,18,20H2,(H2,27,28,30). The van der Waals surface area contributed by atoms with Crippen LogP contribution in [0.15, 0.2) is 108 Å². The van der Waals surface area contributed by atoms with Crippen molar-refractivity contribution < 1.29 is 4.74 Å². The lowest BCUT2D eigenvalue weighted by molar-refractivity contribution is 0.00992. The SMILES string of the molecule is Nc1ccn(CCCOC(c2ccccc2)(c2ccccc2)c2ccccc2)c(=O)n1. The first-order valence-corrected chi connectivity index (χ1v) is 10.3. The van der Waals surface area contributed by atoms with Gasteiger partial charge in [0.15, 0.2) is 0 Å². The summed E-state index contributed by atoms with van der Waals surface area (Å²) in [7, 11) is 0. The van der Waals surface area contributed by atoms with Crippen LogP contribution in [0, 0.1) is 0 Å². The third kappa shape index (κ3) is 4.42. The van der Waals surface area contributed by atoms with E-state index in [4.69, 9.17) is 10.5 Å². The first kappa shape index (κ1) is 20.6. The molecule has 0 aliphatic rings. The van der Waals surface area contributed by atoms with Gasteiger partial charge < -0.3 is 10.5 Å². The molecule has 1 aromatic heterocycles. The van der Waals surface area contributed by atoms with Crippen LogP contribution in [0.25, 0.3) is 0 Å². The fourth-order valence-electron chi connectivity index (χ4n) is 3.84. The van der Waals surface area contributed by atoms with Crippen LogP contribution >= 0.6 is 0 Å². The Labute approximate surface area is 181 Å². The second kappa shape index (κ2) is 9.41. The monoisotopic (exact) mass is 411 g/mol. The van der Waals surface area contributed by atoms with E-state index < -0.39 is 5.60 Å². The Bertz CT molecular complexity index is 1060. The van der Waals surface area contributed by atoms with Crippen molar-refractivity contribution in [3.63, 3.8) is 0 Å². The van der Waals surface area contributed by atoms with Gasteiger partial charge in [-0.15, -0.1) is 0 Å². The highest BCUT2D eigenvalue weighted by molar-refractivity contribution is 5.47. The summed E-state index contributed by atoms with van der Waals surface area (Å²) < 4.78 is 8.26. The molecule has 0 saturated heterocycles. The van der Waals surface area contributed by atoms with Crippen LogP contribution in [0.4, 0.5) is 5.82 Å². The van der Waals surface area contributed by atoms with Crippen LogP contribution in [-0.4, -0.2) is 16.2 Å². The maximum atomic E-state index is 12.0. The summed E-state index contributed by atoms with van der Waals surface area (Å²) in [6.45, 7) is 0.954. The zero-order valence-corrected chi connectivity index (χ0v) is 17.2. The van der Waals surface area contributed by atoms with Gasteiger partial charge in [-0.25, -0.2) is 4.79 Å². The Hall–Kier alpha value is -3.70. The number of benzene rings is 3. The number of nitrogens with zero attached hydrogens (tertiary/aromatic N) is 2. The van der Waals surface area contributed by atoms with Crippen molar-refractivity contribution in [2.45, 2.75) is 18.6 Å². The predicted molar refractivity (Wildman–Crippen MR) is 123 cm³/mol. The van der Waals surface area contributed by atoms with Crippen molar-refractivity contribution in [2.75, 3.05) is 12.3 Å². The number of ether oxygens (including phenoxy) is 1. The molecule has 0 saturated carbocycles. The van der Waals surface area contributed by atoms with Crippen molar-refractivity contribution >= 4 is 5.82 Å². The Kier molecular flexibility index (Phi) is 6.24. The van der Waals surface area contributed by atoms with E-state index in [1.54, 1.807) is 16.8 Å². The lowest BCUT2D eigenvalue weighted by atomic mass is 9.80. The van der Waals surface area contributed by atoms with Gasteiger partial charge in [-0.2, -0.15) is 4.98 Å². The van der Waals surface area contributed by atoms with Crippen LogP contribution < -0.4 is 11.4 Å². The number of anilines is 1. The summed E-state index contributed by atoms with van der Waals surface area (Å²) in [5, 5.41) is 0. The highest BCUT2D eigenvalue weighted by Gasteiger charge is 2.37.